The van der Waals surface area contributed by atoms with E-state index in [0.29, 0.717) is 18.7 Å². The molecule has 4 nitrogen and oxygen atoms in total. The van der Waals surface area contributed by atoms with Gasteiger partial charge in [-0.15, -0.1) is 0 Å². The summed E-state index contributed by atoms with van der Waals surface area (Å²) in [7, 11) is -2.80. The highest BCUT2D eigenvalue weighted by atomic mass is 32.2. The molecular formula is C9H17NO3S. The highest BCUT2D eigenvalue weighted by molar-refractivity contribution is 7.91. The van der Waals surface area contributed by atoms with E-state index in [1.54, 1.807) is 0 Å². The summed E-state index contributed by atoms with van der Waals surface area (Å²) in [5.74, 6) is 0.534. The van der Waals surface area contributed by atoms with Gasteiger partial charge in [0.25, 0.3) is 0 Å². The van der Waals surface area contributed by atoms with E-state index in [1.807, 2.05) is 0 Å². The minimum atomic E-state index is -2.80. The van der Waals surface area contributed by atoms with E-state index in [4.69, 9.17) is 0 Å². The van der Waals surface area contributed by atoms with Crippen molar-refractivity contribution in [2.45, 2.75) is 37.3 Å². The summed E-state index contributed by atoms with van der Waals surface area (Å²) in [5, 5.41) is 12.9. The zero-order valence-corrected chi connectivity index (χ0v) is 9.02. The maximum Gasteiger partial charge on any atom is 0.151 e. The molecule has 0 bridgehead atoms. The lowest BCUT2D eigenvalue weighted by atomic mass is 9.80. The Bertz CT molecular complexity index is 308. The van der Waals surface area contributed by atoms with Gasteiger partial charge in [0, 0.05) is 12.6 Å². The summed E-state index contributed by atoms with van der Waals surface area (Å²) < 4.78 is 22.3. The number of nitrogens with one attached hydrogen (secondary N) is 1. The van der Waals surface area contributed by atoms with Crippen molar-refractivity contribution < 1.29 is 13.5 Å². The third kappa shape index (κ3) is 2.27. The standard InChI is InChI=1S/C9H17NO3S/c11-9(3-1-4-9)7-10-8-2-5-14(12,13)6-8/h8,10-11H,1-7H2. The molecule has 2 fully saturated rings. The van der Waals surface area contributed by atoms with Crippen LogP contribution in [0.2, 0.25) is 0 Å². The Kier molecular flexibility index (Phi) is 2.57. The minimum absolute atomic E-state index is 0.0598. The second-order valence-corrected chi connectivity index (χ2v) is 6.79. The molecule has 2 N–H and O–H groups in total. The van der Waals surface area contributed by atoms with Crippen molar-refractivity contribution >= 4 is 9.84 Å². The predicted octanol–water partition coefficient (Wildman–Crippen LogP) is -0.322. The highest BCUT2D eigenvalue weighted by Gasteiger charge is 2.36. The quantitative estimate of drug-likeness (QED) is 0.682. The first-order valence-corrected chi connectivity index (χ1v) is 6.98. The lowest BCUT2D eigenvalue weighted by Crippen LogP contribution is -2.49. The molecule has 0 aromatic rings. The van der Waals surface area contributed by atoms with Crippen LogP contribution in [0, 0.1) is 0 Å². The lowest BCUT2D eigenvalue weighted by molar-refractivity contribution is -0.0327. The smallest absolute Gasteiger partial charge is 0.151 e. The molecule has 82 valence electrons. The molecule has 0 amide bonds. The van der Waals surface area contributed by atoms with Gasteiger partial charge >= 0.3 is 0 Å². The Morgan fingerprint density at radius 1 is 1.43 bits per heavy atom. The number of aliphatic hydroxyl groups is 1. The second kappa shape index (κ2) is 3.47. The molecule has 1 saturated carbocycles. The summed E-state index contributed by atoms with van der Waals surface area (Å²) in [6.07, 6.45) is 3.47. The molecule has 0 aromatic heterocycles. The maximum atomic E-state index is 11.1. The molecule has 1 saturated heterocycles. The second-order valence-electron chi connectivity index (χ2n) is 4.56. The molecule has 0 spiro atoms. The van der Waals surface area contributed by atoms with Crippen LogP contribution in [-0.4, -0.2) is 43.2 Å². The molecule has 2 rings (SSSR count). The molecule has 1 atom stereocenters. The fourth-order valence-corrected chi connectivity index (χ4v) is 3.76. The average Bonchev–Trinajstić information content (AvgIpc) is 2.39. The van der Waals surface area contributed by atoms with Gasteiger partial charge in [-0.05, 0) is 25.7 Å². The molecule has 1 heterocycles. The summed E-state index contributed by atoms with van der Waals surface area (Å²) in [6.45, 7) is 0.549. The van der Waals surface area contributed by atoms with E-state index in [-0.39, 0.29) is 11.8 Å². The first-order valence-electron chi connectivity index (χ1n) is 5.15. The van der Waals surface area contributed by atoms with E-state index in [9.17, 15) is 13.5 Å². The molecule has 0 radical (unpaired) electrons. The van der Waals surface area contributed by atoms with Crippen LogP contribution in [0.25, 0.3) is 0 Å². The van der Waals surface area contributed by atoms with Crippen LogP contribution in [0.5, 0.6) is 0 Å². The van der Waals surface area contributed by atoms with Gasteiger partial charge in [-0.1, -0.05) is 0 Å². The van der Waals surface area contributed by atoms with Gasteiger partial charge in [-0.3, -0.25) is 0 Å². The van der Waals surface area contributed by atoms with Gasteiger partial charge in [-0.25, -0.2) is 8.42 Å². The summed E-state index contributed by atoms with van der Waals surface area (Å²) in [5.41, 5.74) is -0.549. The predicted molar refractivity (Wildman–Crippen MR) is 53.9 cm³/mol. The maximum absolute atomic E-state index is 11.1. The number of hydrogen-bond acceptors (Lipinski definition) is 4. The van der Waals surface area contributed by atoms with E-state index in [0.717, 1.165) is 19.3 Å². The zero-order valence-electron chi connectivity index (χ0n) is 8.20. The summed E-state index contributed by atoms with van der Waals surface area (Å²) in [4.78, 5) is 0. The van der Waals surface area contributed by atoms with Crippen molar-refractivity contribution in [3.63, 3.8) is 0 Å². The topological polar surface area (TPSA) is 66.4 Å². The third-order valence-corrected chi connectivity index (χ3v) is 5.00. The Balaban J connectivity index is 1.77. The van der Waals surface area contributed by atoms with Crippen LogP contribution in [0.4, 0.5) is 0 Å². The van der Waals surface area contributed by atoms with E-state index < -0.39 is 15.4 Å². The largest absolute Gasteiger partial charge is 0.389 e. The number of hydrogen-bond donors (Lipinski definition) is 2. The van der Waals surface area contributed by atoms with Crippen LogP contribution in [0.1, 0.15) is 25.7 Å². The van der Waals surface area contributed by atoms with Gasteiger partial charge in [0.15, 0.2) is 9.84 Å². The fourth-order valence-electron chi connectivity index (χ4n) is 2.05. The molecule has 1 aliphatic heterocycles. The van der Waals surface area contributed by atoms with Gasteiger partial charge in [0.1, 0.15) is 0 Å². The molecule has 5 heteroatoms. The van der Waals surface area contributed by atoms with Crippen molar-refractivity contribution in [1.29, 1.82) is 0 Å². The van der Waals surface area contributed by atoms with Gasteiger partial charge in [0.2, 0.25) is 0 Å². The van der Waals surface area contributed by atoms with Gasteiger partial charge in [0.05, 0.1) is 17.1 Å². The molecule has 2 aliphatic rings. The fraction of sp³-hybridized carbons (Fsp3) is 1.00. The lowest BCUT2D eigenvalue weighted by Gasteiger charge is -2.37. The van der Waals surface area contributed by atoms with Crippen molar-refractivity contribution in [3.05, 3.63) is 0 Å². The van der Waals surface area contributed by atoms with Crippen molar-refractivity contribution in [2.24, 2.45) is 0 Å². The molecule has 1 aliphatic carbocycles. The average molecular weight is 219 g/mol. The zero-order chi connectivity index (χ0) is 10.2. The monoisotopic (exact) mass is 219 g/mol. The van der Waals surface area contributed by atoms with Crippen LogP contribution in [0.15, 0.2) is 0 Å². The van der Waals surface area contributed by atoms with Crippen LogP contribution < -0.4 is 5.32 Å². The van der Waals surface area contributed by atoms with E-state index in [2.05, 4.69) is 5.32 Å². The normalized spacial score (nSPS) is 33.9. The van der Waals surface area contributed by atoms with Crippen LogP contribution >= 0.6 is 0 Å². The van der Waals surface area contributed by atoms with Crippen molar-refractivity contribution in [2.75, 3.05) is 18.1 Å². The van der Waals surface area contributed by atoms with E-state index in [1.165, 1.54) is 0 Å². The highest BCUT2D eigenvalue weighted by Crippen LogP contribution is 2.30. The SMILES string of the molecule is O=S1(=O)CCC(NCC2(O)CCC2)C1. The van der Waals surface area contributed by atoms with Crippen molar-refractivity contribution in [1.82, 2.24) is 5.32 Å². The Morgan fingerprint density at radius 2 is 2.14 bits per heavy atom. The van der Waals surface area contributed by atoms with E-state index >= 15 is 0 Å². The summed E-state index contributed by atoms with van der Waals surface area (Å²) in [6, 6.07) is 0.0598. The first-order chi connectivity index (χ1) is 6.49. The molecule has 0 aromatic carbocycles. The molecule has 14 heavy (non-hydrogen) atoms. The van der Waals surface area contributed by atoms with Crippen LogP contribution in [-0.2, 0) is 9.84 Å². The third-order valence-electron chi connectivity index (χ3n) is 3.24. The van der Waals surface area contributed by atoms with Crippen molar-refractivity contribution in [3.8, 4) is 0 Å². The first kappa shape index (κ1) is 10.4. The molecule has 1 unspecified atom stereocenters. The number of sulfone groups is 1. The van der Waals surface area contributed by atoms with Crippen LogP contribution in [0.3, 0.4) is 0 Å². The Morgan fingerprint density at radius 3 is 2.57 bits per heavy atom. The number of rotatable bonds is 3. The van der Waals surface area contributed by atoms with Gasteiger partial charge < -0.3 is 10.4 Å². The minimum Gasteiger partial charge on any atom is -0.389 e. The molecular weight excluding hydrogens is 202 g/mol. The Labute approximate surface area is 84.6 Å². The summed E-state index contributed by atoms with van der Waals surface area (Å²) >= 11 is 0. The Hall–Kier alpha value is -0.130. The van der Waals surface area contributed by atoms with Gasteiger partial charge in [-0.2, -0.15) is 0 Å².